The van der Waals surface area contributed by atoms with Crippen LogP contribution in [0.3, 0.4) is 0 Å². The maximum Gasteiger partial charge on any atom is 0.235 e. The zero-order valence-corrected chi connectivity index (χ0v) is 16.7. The smallest absolute Gasteiger partial charge is 0.235 e. The molecule has 3 atom stereocenters. The Bertz CT molecular complexity index is 818. The van der Waals surface area contributed by atoms with E-state index in [2.05, 4.69) is 67.2 Å². The fraction of sp³-hybridized carbons (Fsp3) is 0.556. The van der Waals surface area contributed by atoms with Crippen LogP contribution in [0.1, 0.15) is 25.1 Å². The molecule has 1 saturated heterocycles. The summed E-state index contributed by atoms with van der Waals surface area (Å²) in [6.07, 6.45) is 0. The molecule has 0 bridgehead atoms. The van der Waals surface area contributed by atoms with Gasteiger partial charge in [-0.2, -0.15) is 5.10 Å². The number of benzene rings is 1. The summed E-state index contributed by atoms with van der Waals surface area (Å²) in [6, 6.07) is 6.28. The van der Waals surface area contributed by atoms with E-state index >= 15 is 0 Å². The molecule has 0 spiro atoms. The summed E-state index contributed by atoms with van der Waals surface area (Å²) in [5, 5.41) is 9.28. The Morgan fingerprint density at radius 3 is 2.71 bits per heavy atom. The van der Waals surface area contributed by atoms with E-state index in [0.717, 1.165) is 29.7 Å². The van der Waals surface area contributed by atoms with E-state index in [1.807, 2.05) is 14.8 Å². The van der Waals surface area contributed by atoms with E-state index in [0.29, 0.717) is 11.8 Å². The Morgan fingerprint density at radius 2 is 2.04 bits per heavy atom. The Hall–Kier alpha value is -1.15. The van der Waals surface area contributed by atoms with Gasteiger partial charge in [-0.15, -0.1) is 0 Å². The standard InChI is InChI=1S/C18H23IN4O/c1-10-6-5-7-11-15(10)22(4)21-16(11)18(2,3)23(19)17(24)14-12-8-20-9-13(12)14/h5-7,12-14,20H,8-9H2,1-4H3/t12-,13+,14?. The van der Waals surface area contributed by atoms with Crippen LogP contribution in [0.4, 0.5) is 0 Å². The van der Waals surface area contributed by atoms with Gasteiger partial charge in [0.1, 0.15) is 0 Å². The minimum absolute atomic E-state index is 0.194. The monoisotopic (exact) mass is 438 g/mol. The second kappa shape index (κ2) is 5.42. The van der Waals surface area contributed by atoms with E-state index in [1.165, 1.54) is 5.56 Å². The van der Waals surface area contributed by atoms with Crippen molar-refractivity contribution in [1.29, 1.82) is 0 Å². The lowest BCUT2D eigenvalue weighted by Gasteiger charge is -2.33. The summed E-state index contributed by atoms with van der Waals surface area (Å²) < 4.78 is 3.82. The average molecular weight is 438 g/mol. The lowest BCUT2D eigenvalue weighted by atomic mass is 9.96. The summed E-state index contributed by atoms with van der Waals surface area (Å²) in [5.74, 6) is 1.52. The number of carbonyl (C=O) groups is 1. The minimum atomic E-state index is -0.449. The fourth-order valence-electron chi connectivity index (χ4n) is 4.27. The normalized spacial score (nSPS) is 25.8. The molecule has 0 radical (unpaired) electrons. The molecule has 1 saturated carbocycles. The second-order valence-electron chi connectivity index (χ2n) is 7.63. The fourth-order valence-corrected chi connectivity index (χ4v) is 4.82. The van der Waals surface area contributed by atoms with E-state index < -0.39 is 5.54 Å². The first-order chi connectivity index (χ1) is 11.3. The van der Waals surface area contributed by atoms with Crippen molar-refractivity contribution in [3.05, 3.63) is 29.5 Å². The third-order valence-corrected chi connectivity index (χ3v) is 7.39. The van der Waals surface area contributed by atoms with E-state index in [4.69, 9.17) is 5.10 Å². The highest BCUT2D eigenvalue weighted by molar-refractivity contribution is 14.1. The van der Waals surface area contributed by atoms with E-state index in [1.54, 1.807) is 0 Å². The largest absolute Gasteiger partial charge is 0.316 e. The third kappa shape index (κ3) is 2.22. The van der Waals surface area contributed by atoms with Crippen LogP contribution in [-0.2, 0) is 17.4 Å². The van der Waals surface area contributed by atoms with Gasteiger partial charge in [0, 0.05) is 18.4 Å². The molecule has 5 nitrogen and oxygen atoms in total. The van der Waals surface area contributed by atoms with Crippen LogP contribution in [0.5, 0.6) is 0 Å². The van der Waals surface area contributed by atoms with E-state index in [9.17, 15) is 4.79 Å². The van der Waals surface area contributed by atoms with Crippen LogP contribution in [0, 0.1) is 24.7 Å². The molecule has 1 aromatic heterocycles. The van der Waals surface area contributed by atoms with Crippen LogP contribution in [0.25, 0.3) is 10.9 Å². The number of rotatable bonds is 3. The van der Waals surface area contributed by atoms with Gasteiger partial charge in [-0.05, 0) is 51.3 Å². The third-order valence-electron chi connectivity index (χ3n) is 5.71. The number of amides is 1. The number of hydrogen-bond acceptors (Lipinski definition) is 3. The molecule has 6 heteroatoms. The lowest BCUT2D eigenvalue weighted by Crippen LogP contribution is -2.41. The number of piperidine rings is 1. The number of para-hydroxylation sites is 1. The maximum atomic E-state index is 13.0. The molecule has 128 valence electrons. The molecular weight excluding hydrogens is 415 g/mol. The molecule has 24 heavy (non-hydrogen) atoms. The van der Waals surface area contributed by atoms with Gasteiger partial charge in [0.2, 0.25) is 5.91 Å². The highest BCUT2D eigenvalue weighted by Crippen LogP contribution is 2.51. The van der Waals surface area contributed by atoms with Gasteiger partial charge in [0.25, 0.3) is 0 Å². The van der Waals surface area contributed by atoms with Gasteiger partial charge in [-0.3, -0.25) is 12.6 Å². The molecule has 1 aliphatic carbocycles. The first kappa shape index (κ1) is 16.3. The number of hydrogen-bond donors (Lipinski definition) is 1. The predicted molar refractivity (Wildman–Crippen MR) is 103 cm³/mol. The Labute approximate surface area is 156 Å². The number of fused-ring (bicyclic) bond motifs is 2. The summed E-state index contributed by atoms with van der Waals surface area (Å²) >= 11 is 2.19. The number of aryl methyl sites for hydroxylation is 2. The molecule has 2 aromatic rings. The molecule has 1 aromatic carbocycles. The highest BCUT2D eigenvalue weighted by atomic mass is 127. The first-order valence-electron chi connectivity index (χ1n) is 8.47. The predicted octanol–water partition coefficient (Wildman–Crippen LogP) is 2.76. The quantitative estimate of drug-likeness (QED) is 0.593. The molecule has 2 heterocycles. The summed E-state index contributed by atoms with van der Waals surface area (Å²) in [7, 11) is 1.98. The number of aromatic nitrogens is 2. The van der Waals surface area contributed by atoms with Crippen LogP contribution in [0.2, 0.25) is 0 Å². The van der Waals surface area contributed by atoms with Crippen molar-refractivity contribution in [3.63, 3.8) is 0 Å². The SMILES string of the molecule is Cc1cccc2c(C(C)(C)N(I)C(=O)C3[C@H]4CNC[C@@H]34)nn(C)c12. The summed E-state index contributed by atoms with van der Waals surface area (Å²) in [4.78, 5) is 13.0. The van der Waals surface area contributed by atoms with Gasteiger partial charge in [0.05, 0.1) is 39.6 Å². The van der Waals surface area contributed by atoms with Crippen molar-refractivity contribution in [2.75, 3.05) is 13.1 Å². The Balaban J connectivity index is 1.70. The average Bonchev–Trinajstić information content (AvgIpc) is 2.88. The zero-order valence-electron chi connectivity index (χ0n) is 14.5. The van der Waals surface area contributed by atoms with Crippen LogP contribution in [-0.4, -0.2) is 31.9 Å². The van der Waals surface area contributed by atoms with Gasteiger partial charge >= 0.3 is 0 Å². The van der Waals surface area contributed by atoms with Gasteiger partial charge < -0.3 is 5.32 Å². The van der Waals surface area contributed by atoms with Crippen LogP contribution in [0.15, 0.2) is 18.2 Å². The molecule has 1 unspecified atom stereocenters. The van der Waals surface area contributed by atoms with Crippen molar-refractivity contribution in [1.82, 2.24) is 18.2 Å². The molecule has 1 N–H and O–H groups in total. The number of nitrogens with zero attached hydrogens (tertiary/aromatic N) is 3. The molecule has 4 rings (SSSR count). The van der Waals surface area contributed by atoms with Gasteiger partial charge in [-0.1, -0.05) is 18.2 Å². The van der Waals surface area contributed by atoms with E-state index in [-0.39, 0.29) is 11.8 Å². The molecule has 2 aliphatic rings. The summed E-state index contributed by atoms with van der Waals surface area (Å²) in [6.45, 7) is 8.26. The Morgan fingerprint density at radius 1 is 1.38 bits per heavy atom. The number of halogens is 1. The molecule has 1 amide bonds. The van der Waals surface area contributed by atoms with Gasteiger partial charge in [0.15, 0.2) is 0 Å². The van der Waals surface area contributed by atoms with Crippen molar-refractivity contribution in [2.24, 2.45) is 24.8 Å². The second-order valence-corrected chi connectivity index (χ2v) is 8.60. The van der Waals surface area contributed by atoms with Crippen molar-refractivity contribution in [3.8, 4) is 0 Å². The van der Waals surface area contributed by atoms with Crippen molar-refractivity contribution < 1.29 is 4.79 Å². The number of carbonyl (C=O) groups excluding carboxylic acids is 1. The van der Waals surface area contributed by atoms with Crippen LogP contribution >= 0.6 is 22.9 Å². The molecule has 2 fully saturated rings. The summed E-state index contributed by atoms with van der Waals surface area (Å²) in [5.41, 5.74) is 2.87. The van der Waals surface area contributed by atoms with Crippen molar-refractivity contribution in [2.45, 2.75) is 26.3 Å². The van der Waals surface area contributed by atoms with Crippen molar-refractivity contribution >= 4 is 39.7 Å². The topological polar surface area (TPSA) is 50.2 Å². The first-order valence-corrected chi connectivity index (χ1v) is 9.44. The highest BCUT2D eigenvalue weighted by Gasteiger charge is 2.59. The Kier molecular flexibility index (Phi) is 3.69. The maximum absolute atomic E-state index is 13.0. The molecular formula is C18H23IN4O. The number of nitrogens with one attached hydrogen (secondary N) is 1. The van der Waals surface area contributed by atoms with Gasteiger partial charge in [-0.25, -0.2) is 0 Å². The van der Waals surface area contributed by atoms with Crippen LogP contribution < -0.4 is 5.32 Å². The molecule has 1 aliphatic heterocycles. The zero-order chi connectivity index (χ0) is 17.2. The minimum Gasteiger partial charge on any atom is -0.316 e. The lowest BCUT2D eigenvalue weighted by molar-refractivity contribution is -0.130.